The standard InChI is InChI=1S/C12H19NO/c1-2-5-10-6-3-7-11-8-4-9-12(14)13(10)11/h4,8,10-11H,2-3,5-7,9H2,1H3/t10-,11-/m1/s1. The quantitative estimate of drug-likeness (QED) is 0.617. The Morgan fingerprint density at radius 1 is 1.50 bits per heavy atom. The minimum atomic E-state index is 0.343. The zero-order chi connectivity index (χ0) is 9.97. The van der Waals surface area contributed by atoms with E-state index < -0.39 is 0 Å². The van der Waals surface area contributed by atoms with Crippen LogP contribution >= 0.6 is 0 Å². The fourth-order valence-corrected chi connectivity index (χ4v) is 2.74. The molecule has 0 aromatic rings. The molecule has 2 heterocycles. The van der Waals surface area contributed by atoms with E-state index in [9.17, 15) is 4.79 Å². The van der Waals surface area contributed by atoms with Crippen molar-refractivity contribution in [1.29, 1.82) is 0 Å². The first-order chi connectivity index (χ1) is 6.83. The van der Waals surface area contributed by atoms with Crippen LogP contribution < -0.4 is 0 Å². The van der Waals surface area contributed by atoms with Crippen LogP contribution in [0.25, 0.3) is 0 Å². The van der Waals surface area contributed by atoms with Gasteiger partial charge in [0.1, 0.15) is 0 Å². The average Bonchev–Trinajstić information content (AvgIpc) is 2.19. The van der Waals surface area contributed by atoms with Crippen molar-refractivity contribution in [2.75, 3.05) is 0 Å². The van der Waals surface area contributed by atoms with Gasteiger partial charge < -0.3 is 4.90 Å². The predicted molar refractivity (Wildman–Crippen MR) is 56.9 cm³/mol. The fourth-order valence-electron chi connectivity index (χ4n) is 2.74. The summed E-state index contributed by atoms with van der Waals surface area (Å²) in [5.41, 5.74) is 0. The summed E-state index contributed by atoms with van der Waals surface area (Å²) in [5, 5.41) is 0. The van der Waals surface area contributed by atoms with Gasteiger partial charge in [-0.2, -0.15) is 0 Å². The number of hydrogen-bond acceptors (Lipinski definition) is 1. The van der Waals surface area contributed by atoms with Crippen molar-refractivity contribution >= 4 is 5.91 Å². The molecule has 0 aromatic carbocycles. The Bertz CT molecular complexity index is 245. The van der Waals surface area contributed by atoms with Gasteiger partial charge in [0.05, 0.1) is 6.04 Å². The minimum absolute atomic E-state index is 0.343. The van der Waals surface area contributed by atoms with E-state index in [0.29, 0.717) is 24.4 Å². The lowest BCUT2D eigenvalue weighted by molar-refractivity contribution is -0.137. The number of carbonyl (C=O) groups excluding carboxylic acids is 1. The molecule has 0 unspecified atom stereocenters. The Labute approximate surface area is 86.0 Å². The molecule has 0 spiro atoms. The Morgan fingerprint density at radius 3 is 3.14 bits per heavy atom. The highest BCUT2D eigenvalue weighted by Crippen LogP contribution is 2.29. The summed E-state index contributed by atoms with van der Waals surface area (Å²) in [6, 6.07) is 0.942. The van der Waals surface area contributed by atoms with Gasteiger partial charge in [0.2, 0.25) is 5.91 Å². The highest BCUT2D eigenvalue weighted by Gasteiger charge is 2.33. The maximum absolute atomic E-state index is 11.8. The Kier molecular flexibility index (Phi) is 2.90. The van der Waals surface area contributed by atoms with E-state index in [2.05, 4.69) is 17.9 Å². The Balaban J connectivity index is 2.12. The summed E-state index contributed by atoms with van der Waals surface area (Å²) in [6.07, 6.45) is 10.9. The zero-order valence-corrected chi connectivity index (χ0v) is 8.91. The summed E-state index contributed by atoms with van der Waals surface area (Å²) >= 11 is 0. The molecule has 2 aliphatic heterocycles. The number of rotatable bonds is 2. The van der Waals surface area contributed by atoms with E-state index in [1.165, 1.54) is 32.1 Å². The molecular weight excluding hydrogens is 174 g/mol. The largest absolute Gasteiger partial charge is 0.333 e. The SMILES string of the molecule is CCC[C@@H]1CCC[C@@H]2C=CCC(=O)N12. The van der Waals surface area contributed by atoms with Crippen molar-refractivity contribution in [1.82, 2.24) is 4.90 Å². The van der Waals surface area contributed by atoms with E-state index in [1.807, 2.05) is 6.08 Å². The third-order valence-corrected chi connectivity index (χ3v) is 3.35. The van der Waals surface area contributed by atoms with Crippen molar-refractivity contribution in [3.63, 3.8) is 0 Å². The lowest BCUT2D eigenvalue weighted by Crippen LogP contribution is -2.50. The van der Waals surface area contributed by atoms with Crippen molar-refractivity contribution in [3.8, 4) is 0 Å². The second-order valence-electron chi connectivity index (χ2n) is 4.37. The number of carbonyl (C=O) groups is 1. The molecule has 2 rings (SSSR count). The maximum Gasteiger partial charge on any atom is 0.227 e. The molecule has 78 valence electrons. The second kappa shape index (κ2) is 4.16. The van der Waals surface area contributed by atoms with Gasteiger partial charge in [0.15, 0.2) is 0 Å². The third-order valence-electron chi connectivity index (χ3n) is 3.35. The molecule has 0 aliphatic carbocycles. The van der Waals surface area contributed by atoms with E-state index in [4.69, 9.17) is 0 Å². The van der Waals surface area contributed by atoms with Crippen molar-refractivity contribution in [2.24, 2.45) is 0 Å². The molecule has 0 aromatic heterocycles. The molecule has 1 amide bonds. The summed E-state index contributed by atoms with van der Waals surface area (Å²) in [7, 11) is 0. The first-order valence-electron chi connectivity index (χ1n) is 5.80. The zero-order valence-electron chi connectivity index (χ0n) is 8.91. The molecule has 0 N–H and O–H groups in total. The molecule has 1 fully saturated rings. The minimum Gasteiger partial charge on any atom is -0.333 e. The first-order valence-corrected chi connectivity index (χ1v) is 5.80. The molecule has 14 heavy (non-hydrogen) atoms. The molecule has 2 aliphatic rings. The van der Waals surface area contributed by atoms with Gasteiger partial charge in [0, 0.05) is 12.5 Å². The van der Waals surface area contributed by atoms with Crippen LogP contribution in [0.3, 0.4) is 0 Å². The molecule has 0 radical (unpaired) electrons. The van der Waals surface area contributed by atoms with Gasteiger partial charge in [-0.05, 0) is 25.7 Å². The van der Waals surface area contributed by atoms with E-state index in [-0.39, 0.29) is 0 Å². The smallest absolute Gasteiger partial charge is 0.227 e. The second-order valence-corrected chi connectivity index (χ2v) is 4.37. The highest BCUT2D eigenvalue weighted by atomic mass is 16.2. The van der Waals surface area contributed by atoms with E-state index in [1.54, 1.807) is 0 Å². The van der Waals surface area contributed by atoms with Crippen LogP contribution in [0.4, 0.5) is 0 Å². The summed E-state index contributed by atoms with van der Waals surface area (Å²) < 4.78 is 0. The van der Waals surface area contributed by atoms with Crippen molar-refractivity contribution < 1.29 is 4.79 Å². The average molecular weight is 193 g/mol. The van der Waals surface area contributed by atoms with Gasteiger partial charge in [-0.15, -0.1) is 0 Å². The van der Waals surface area contributed by atoms with Crippen molar-refractivity contribution in [3.05, 3.63) is 12.2 Å². The molecule has 2 atom stereocenters. The van der Waals surface area contributed by atoms with E-state index >= 15 is 0 Å². The number of fused-ring (bicyclic) bond motifs is 1. The Morgan fingerprint density at radius 2 is 2.36 bits per heavy atom. The van der Waals surface area contributed by atoms with Gasteiger partial charge in [-0.25, -0.2) is 0 Å². The van der Waals surface area contributed by atoms with Crippen molar-refractivity contribution in [2.45, 2.75) is 57.5 Å². The van der Waals surface area contributed by atoms with Crippen LogP contribution in [-0.4, -0.2) is 22.9 Å². The van der Waals surface area contributed by atoms with Gasteiger partial charge in [-0.3, -0.25) is 4.79 Å². The number of piperidine rings is 1. The maximum atomic E-state index is 11.8. The highest BCUT2D eigenvalue weighted by molar-refractivity contribution is 5.80. The summed E-state index contributed by atoms with van der Waals surface area (Å²) in [5.74, 6) is 0.343. The monoisotopic (exact) mass is 193 g/mol. The molecular formula is C12H19NO. The molecule has 1 saturated heterocycles. The summed E-state index contributed by atoms with van der Waals surface area (Å²) in [6.45, 7) is 2.20. The van der Waals surface area contributed by atoms with Crippen LogP contribution in [0.5, 0.6) is 0 Å². The molecule has 0 saturated carbocycles. The van der Waals surface area contributed by atoms with Crippen LogP contribution in [0.1, 0.15) is 45.4 Å². The Hall–Kier alpha value is -0.790. The summed E-state index contributed by atoms with van der Waals surface area (Å²) in [4.78, 5) is 13.9. The topological polar surface area (TPSA) is 20.3 Å². The van der Waals surface area contributed by atoms with Gasteiger partial charge in [0.25, 0.3) is 0 Å². The lowest BCUT2D eigenvalue weighted by Gasteiger charge is -2.42. The van der Waals surface area contributed by atoms with Crippen LogP contribution in [-0.2, 0) is 4.79 Å². The predicted octanol–water partition coefficient (Wildman–Crippen LogP) is 2.50. The number of amides is 1. The number of nitrogens with zero attached hydrogens (tertiary/aromatic N) is 1. The first kappa shape index (κ1) is 9.75. The number of hydrogen-bond donors (Lipinski definition) is 0. The normalized spacial score (nSPS) is 31.8. The lowest BCUT2D eigenvalue weighted by atomic mass is 9.90. The molecule has 2 heteroatoms. The van der Waals surface area contributed by atoms with E-state index in [0.717, 1.165) is 0 Å². The van der Waals surface area contributed by atoms with Crippen LogP contribution in [0.2, 0.25) is 0 Å². The molecule has 0 bridgehead atoms. The van der Waals surface area contributed by atoms with Crippen LogP contribution in [0.15, 0.2) is 12.2 Å². The molecule has 2 nitrogen and oxygen atoms in total. The van der Waals surface area contributed by atoms with Gasteiger partial charge >= 0.3 is 0 Å². The van der Waals surface area contributed by atoms with Gasteiger partial charge in [-0.1, -0.05) is 25.5 Å². The third kappa shape index (κ3) is 1.70. The van der Waals surface area contributed by atoms with Crippen LogP contribution in [0, 0.1) is 0 Å². The fraction of sp³-hybridized carbons (Fsp3) is 0.750.